The Morgan fingerprint density at radius 3 is 2.77 bits per heavy atom. The number of likely N-dealkylation sites (tertiary alicyclic amines) is 1. The SMILES string of the molecule is CCn1cc(NC(=O)C2CCN(C(=O)C3CC(=O)Nc4cc(F)ccc43)CC2)cn1. The molecule has 0 radical (unpaired) electrons. The highest BCUT2D eigenvalue weighted by Gasteiger charge is 2.36. The molecule has 2 aromatic rings. The largest absolute Gasteiger partial charge is 0.342 e. The number of hydrogen-bond acceptors (Lipinski definition) is 4. The second-order valence-corrected chi connectivity index (χ2v) is 7.71. The molecular formula is C21H24FN5O3. The Morgan fingerprint density at radius 2 is 2.07 bits per heavy atom. The van der Waals surface area contributed by atoms with E-state index in [0.29, 0.717) is 42.9 Å². The van der Waals surface area contributed by atoms with Crippen LogP contribution in [0, 0.1) is 11.7 Å². The summed E-state index contributed by atoms with van der Waals surface area (Å²) in [5.41, 5.74) is 1.65. The molecule has 30 heavy (non-hydrogen) atoms. The molecule has 2 aliphatic heterocycles. The summed E-state index contributed by atoms with van der Waals surface area (Å²) in [4.78, 5) is 39.3. The van der Waals surface area contributed by atoms with Crippen LogP contribution in [0.4, 0.5) is 15.8 Å². The van der Waals surface area contributed by atoms with Gasteiger partial charge in [0.05, 0.1) is 17.8 Å². The van der Waals surface area contributed by atoms with E-state index in [1.807, 2.05) is 6.92 Å². The fourth-order valence-corrected chi connectivity index (χ4v) is 4.09. The maximum atomic E-state index is 13.5. The Bertz CT molecular complexity index is 981. The first kappa shape index (κ1) is 20.1. The molecule has 2 N–H and O–H groups in total. The number of aromatic nitrogens is 2. The van der Waals surface area contributed by atoms with E-state index in [9.17, 15) is 18.8 Å². The minimum atomic E-state index is -0.625. The van der Waals surface area contributed by atoms with Crippen molar-refractivity contribution in [1.29, 1.82) is 0 Å². The van der Waals surface area contributed by atoms with Crippen LogP contribution in [0.2, 0.25) is 0 Å². The van der Waals surface area contributed by atoms with Gasteiger partial charge in [0.15, 0.2) is 0 Å². The van der Waals surface area contributed by atoms with Crippen LogP contribution in [0.25, 0.3) is 0 Å². The van der Waals surface area contributed by atoms with Gasteiger partial charge < -0.3 is 15.5 Å². The van der Waals surface area contributed by atoms with Crippen LogP contribution in [0.3, 0.4) is 0 Å². The van der Waals surface area contributed by atoms with E-state index in [1.54, 1.807) is 28.0 Å². The maximum Gasteiger partial charge on any atom is 0.230 e. The highest BCUT2D eigenvalue weighted by Crippen LogP contribution is 2.35. The van der Waals surface area contributed by atoms with Crippen molar-refractivity contribution in [2.45, 2.75) is 38.6 Å². The van der Waals surface area contributed by atoms with Crippen molar-refractivity contribution >= 4 is 29.1 Å². The lowest BCUT2D eigenvalue weighted by Crippen LogP contribution is -2.44. The van der Waals surface area contributed by atoms with Gasteiger partial charge in [-0.1, -0.05) is 6.07 Å². The number of nitrogens with one attached hydrogen (secondary N) is 2. The van der Waals surface area contributed by atoms with Crippen LogP contribution in [0.5, 0.6) is 0 Å². The Labute approximate surface area is 173 Å². The number of aryl methyl sites for hydroxylation is 1. The lowest BCUT2D eigenvalue weighted by molar-refractivity contribution is -0.137. The predicted octanol–water partition coefficient (Wildman–Crippen LogP) is 2.35. The summed E-state index contributed by atoms with van der Waals surface area (Å²) in [6.45, 7) is 3.58. The second kappa shape index (κ2) is 8.25. The Morgan fingerprint density at radius 1 is 1.30 bits per heavy atom. The first-order valence-corrected chi connectivity index (χ1v) is 10.2. The molecule has 1 saturated heterocycles. The number of piperidine rings is 1. The van der Waals surface area contributed by atoms with E-state index in [0.717, 1.165) is 6.54 Å². The topological polar surface area (TPSA) is 96.3 Å². The van der Waals surface area contributed by atoms with Gasteiger partial charge in [-0.3, -0.25) is 19.1 Å². The molecule has 9 heteroatoms. The molecular weight excluding hydrogens is 389 g/mol. The van der Waals surface area contributed by atoms with Crippen molar-refractivity contribution in [1.82, 2.24) is 14.7 Å². The summed E-state index contributed by atoms with van der Waals surface area (Å²) >= 11 is 0. The number of halogens is 1. The van der Waals surface area contributed by atoms with E-state index in [1.165, 1.54) is 12.1 Å². The summed E-state index contributed by atoms with van der Waals surface area (Å²) in [6, 6.07) is 4.10. The van der Waals surface area contributed by atoms with Gasteiger partial charge in [0, 0.05) is 43.9 Å². The minimum absolute atomic E-state index is 0.0410. The number of amides is 3. The van der Waals surface area contributed by atoms with Crippen LogP contribution < -0.4 is 10.6 Å². The van der Waals surface area contributed by atoms with Crippen LogP contribution in [0.1, 0.15) is 37.7 Å². The van der Waals surface area contributed by atoms with E-state index in [4.69, 9.17) is 0 Å². The number of rotatable bonds is 4. The second-order valence-electron chi connectivity index (χ2n) is 7.71. The van der Waals surface area contributed by atoms with Gasteiger partial charge >= 0.3 is 0 Å². The van der Waals surface area contributed by atoms with E-state index < -0.39 is 11.7 Å². The zero-order valence-electron chi connectivity index (χ0n) is 16.7. The smallest absolute Gasteiger partial charge is 0.230 e. The lowest BCUT2D eigenvalue weighted by Gasteiger charge is -2.35. The van der Waals surface area contributed by atoms with Crippen molar-refractivity contribution in [2.24, 2.45) is 5.92 Å². The van der Waals surface area contributed by atoms with Crippen molar-refractivity contribution in [3.8, 4) is 0 Å². The van der Waals surface area contributed by atoms with Crippen molar-refractivity contribution in [3.63, 3.8) is 0 Å². The summed E-state index contributed by atoms with van der Waals surface area (Å²) < 4.78 is 15.2. The molecule has 2 aliphatic rings. The molecule has 1 atom stereocenters. The molecule has 4 rings (SSSR count). The molecule has 0 saturated carbocycles. The zero-order chi connectivity index (χ0) is 21.3. The number of hydrogen-bond donors (Lipinski definition) is 2. The van der Waals surface area contributed by atoms with Gasteiger partial charge in [-0.2, -0.15) is 5.10 Å². The minimum Gasteiger partial charge on any atom is -0.342 e. The number of fused-ring (bicyclic) bond motifs is 1. The molecule has 0 bridgehead atoms. The molecule has 1 fully saturated rings. The van der Waals surface area contributed by atoms with Gasteiger partial charge in [0.2, 0.25) is 17.7 Å². The average molecular weight is 413 g/mol. The molecule has 158 valence electrons. The maximum absolute atomic E-state index is 13.5. The lowest BCUT2D eigenvalue weighted by atomic mass is 9.88. The van der Waals surface area contributed by atoms with E-state index in [-0.39, 0.29) is 30.1 Å². The molecule has 1 aromatic carbocycles. The fraction of sp³-hybridized carbons (Fsp3) is 0.429. The Kier molecular flexibility index (Phi) is 5.52. The first-order chi connectivity index (χ1) is 14.4. The molecule has 3 amide bonds. The predicted molar refractivity (Wildman–Crippen MR) is 108 cm³/mol. The molecule has 0 spiro atoms. The van der Waals surface area contributed by atoms with Gasteiger partial charge in [-0.25, -0.2) is 4.39 Å². The average Bonchev–Trinajstić information content (AvgIpc) is 3.20. The number of nitrogens with zero attached hydrogens (tertiary/aromatic N) is 3. The third-order valence-corrected chi connectivity index (χ3v) is 5.75. The highest BCUT2D eigenvalue weighted by molar-refractivity contribution is 6.01. The van der Waals surface area contributed by atoms with E-state index in [2.05, 4.69) is 15.7 Å². The van der Waals surface area contributed by atoms with Crippen LogP contribution in [-0.4, -0.2) is 45.5 Å². The summed E-state index contributed by atoms with van der Waals surface area (Å²) in [6.07, 6.45) is 4.54. The standard InChI is InChI=1S/C21H24FN5O3/c1-2-27-12-15(11-23-27)24-20(29)13-5-7-26(8-6-13)21(30)17-10-19(28)25-18-9-14(22)3-4-16(17)18/h3-4,9,11-13,17H,2,5-8,10H2,1H3,(H,24,29)(H,25,28). The van der Waals surface area contributed by atoms with Crippen LogP contribution >= 0.6 is 0 Å². The number of carbonyl (C=O) groups is 3. The van der Waals surface area contributed by atoms with Crippen molar-refractivity contribution in [3.05, 3.63) is 42.0 Å². The summed E-state index contributed by atoms with van der Waals surface area (Å²) in [5.74, 6) is -1.79. The third kappa shape index (κ3) is 4.05. The molecule has 1 unspecified atom stereocenters. The normalized spacial score (nSPS) is 19.2. The molecule has 3 heterocycles. The van der Waals surface area contributed by atoms with Crippen molar-refractivity contribution < 1.29 is 18.8 Å². The summed E-state index contributed by atoms with van der Waals surface area (Å²) in [7, 11) is 0. The fourth-order valence-electron chi connectivity index (χ4n) is 4.09. The zero-order valence-corrected chi connectivity index (χ0v) is 16.7. The van der Waals surface area contributed by atoms with Crippen molar-refractivity contribution in [2.75, 3.05) is 23.7 Å². The summed E-state index contributed by atoms with van der Waals surface area (Å²) in [5, 5.41) is 9.66. The molecule has 1 aromatic heterocycles. The van der Waals surface area contributed by atoms with Crippen LogP contribution in [-0.2, 0) is 20.9 Å². The van der Waals surface area contributed by atoms with Gasteiger partial charge in [-0.05, 0) is 37.5 Å². The quantitative estimate of drug-likeness (QED) is 0.804. The monoisotopic (exact) mass is 413 g/mol. The Balaban J connectivity index is 1.38. The number of carbonyl (C=O) groups excluding carboxylic acids is 3. The van der Waals surface area contributed by atoms with Gasteiger partial charge in [0.1, 0.15) is 5.82 Å². The molecule has 8 nitrogen and oxygen atoms in total. The van der Waals surface area contributed by atoms with Gasteiger partial charge in [-0.15, -0.1) is 0 Å². The van der Waals surface area contributed by atoms with Gasteiger partial charge in [0.25, 0.3) is 0 Å². The number of anilines is 2. The molecule has 0 aliphatic carbocycles. The third-order valence-electron chi connectivity index (χ3n) is 5.75. The first-order valence-electron chi connectivity index (χ1n) is 10.2. The Hall–Kier alpha value is -3.23. The highest BCUT2D eigenvalue weighted by atomic mass is 19.1. The van der Waals surface area contributed by atoms with E-state index >= 15 is 0 Å². The number of benzene rings is 1. The van der Waals surface area contributed by atoms with Crippen LogP contribution in [0.15, 0.2) is 30.6 Å².